The number of carbonyl (C=O) groups is 1. The first-order valence-electron chi connectivity index (χ1n) is 3.78. The predicted molar refractivity (Wildman–Crippen MR) is 44.2 cm³/mol. The van der Waals surface area contributed by atoms with Crippen molar-refractivity contribution in [3.63, 3.8) is 0 Å². The van der Waals surface area contributed by atoms with Gasteiger partial charge in [0.2, 0.25) is 5.91 Å². The van der Waals surface area contributed by atoms with Crippen molar-refractivity contribution in [2.24, 2.45) is 5.73 Å². The molecule has 0 spiro atoms. The lowest BCUT2D eigenvalue weighted by molar-refractivity contribution is -0.118. The molecule has 1 rings (SSSR count). The minimum atomic E-state index is -0.212. The van der Waals surface area contributed by atoms with Gasteiger partial charge in [0, 0.05) is 6.42 Å². The minimum Gasteiger partial charge on any atom is -0.370 e. The summed E-state index contributed by atoms with van der Waals surface area (Å²) in [5, 5.41) is 0. The smallest absolute Gasteiger partial charge is 0.217 e. The van der Waals surface area contributed by atoms with E-state index >= 15 is 0 Å². The predicted octanol–water partition coefficient (Wildman–Crippen LogP) is 1.21. The Balaban J connectivity index is 2.19. The van der Waals surface area contributed by atoms with E-state index in [1.165, 1.54) is 5.56 Å². The van der Waals surface area contributed by atoms with Gasteiger partial charge >= 0.3 is 0 Å². The zero-order valence-electron chi connectivity index (χ0n) is 6.42. The third-order valence-electron chi connectivity index (χ3n) is 1.62. The summed E-state index contributed by atoms with van der Waals surface area (Å²) in [6, 6.07) is 8.11. The summed E-state index contributed by atoms with van der Waals surface area (Å²) in [5.41, 5.74) is 6.28. The average Bonchev–Trinajstić information content (AvgIpc) is 2.39. The summed E-state index contributed by atoms with van der Waals surface area (Å²) < 4.78 is 0. The van der Waals surface area contributed by atoms with Gasteiger partial charge in [0.15, 0.2) is 0 Å². The lowest BCUT2D eigenvalue weighted by atomic mass is 10.1. The number of nitrogens with two attached hydrogens (primary N) is 1. The van der Waals surface area contributed by atoms with E-state index in [1.54, 1.807) is 0 Å². The fourth-order valence-electron chi connectivity index (χ4n) is 1.05. The van der Waals surface area contributed by atoms with E-state index in [-0.39, 0.29) is 5.91 Å². The molecule has 0 aliphatic heterocycles. The van der Waals surface area contributed by atoms with E-state index in [2.05, 4.69) is 12.1 Å². The second-order valence-corrected chi connectivity index (χ2v) is 2.61. The largest absolute Gasteiger partial charge is 0.370 e. The minimum absolute atomic E-state index is 0.212. The van der Waals surface area contributed by atoms with Crippen molar-refractivity contribution < 1.29 is 4.79 Å². The van der Waals surface area contributed by atoms with Crippen LogP contribution in [0.3, 0.4) is 0 Å². The van der Waals surface area contributed by atoms with Crippen LogP contribution in [0.25, 0.3) is 0 Å². The molecule has 1 amide bonds. The number of carbonyl (C=O) groups excluding carboxylic acids is 1. The van der Waals surface area contributed by atoms with Crippen molar-refractivity contribution in [2.75, 3.05) is 0 Å². The lowest BCUT2D eigenvalue weighted by Gasteiger charge is -1.99. The summed E-state index contributed by atoms with van der Waals surface area (Å²) in [6.07, 6.45) is 2.31. The Hall–Kier alpha value is -1.18. The molecule has 0 bridgehead atoms. The summed E-state index contributed by atoms with van der Waals surface area (Å²) in [4.78, 5) is 10.4. The van der Waals surface area contributed by atoms with Crippen molar-refractivity contribution in [3.8, 4) is 0 Å². The average molecular weight is 150 g/mol. The molecule has 0 aliphatic carbocycles. The highest BCUT2D eigenvalue weighted by atomic mass is 16.1. The maximum Gasteiger partial charge on any atom is 0.217 e. The topological polar surface area (TPSA) is 43.1 Å². The molecule has 2 heteroatoms. The maximum atomic E-state index is 10.4. The molecule has 1 aromatic carbocycles. The van der Waals surface area contributed by atoms with Gasteiger partial charge in [-0.05, 0) is 0 Å². The van der Waals surface area contributed by atoms with Crippen molar-refractivity contribution in [2.45, 2.75) is 19.3 Å². The van der Waals surface area contributed by atoms with E-state index in [0.29, 0.717) is 6.42 Å². The zero-order valence-corrected chi connectivity index (χ0v) is 6.42. The molecule has 0 radical (unpaired) electrons. The molecule has 2 nitrogen and oxygen atoms in total. The lowest BCUT2D eigenvalue weighted by Crippen LogP contribution is -2.09. The Labute approximate surface area is 66.4 Å². The molecule has 0 aromatic heterocycles. The van der Waals surface area contributed by atoms with Crippen LogP contribution in [-0.4, -0.2) is 5.91 Å². The van der Waals surface area contributed by atoms with Crippen LogP contribution in [0.5, 0.6) is 0 Å². The standard InChI is InChI=1S/C9H12NO/c10-9(11)7-3-6-8-4-1-2-5-8/h1-2,4-5H,3,6-7H2,(H2,10,11)/q-1. The summed E-state index contributed by atoms with van der Waals surface area (Å²) in [7, 11) is 0. The second kappa shape index (κ2) is 3.86. The Bertz CT molecular complexity index is 213. The Morgan fingerprint density at radius 2 is 2.00 bits per heavy atom. The number of hydrogen-bond acceptors (Lipinski definition) is 1. The highest BCUT2D eigenvalue weighted by Gasteiger charge is 1.91. The molecule has 11 heavy (non-hydrogen) atoms. The number of hydrogen-bond donors (Lipinski definition) is 1. The normalized spacial score (nSPS) is 9.82. The molecular weight excluding hydrogens is 138 g/mol. The number of aryl methyl sites for hydroxylation is 1. The van der Waals surface area contributed by atoms with Crippen LogP contribution in [0, 0.1) is 0 Å². The SMILES string of the molecule is NC(=O)CCC[c-]1cccc1. The van der Waals surface area contributed by atoms with Crippen molar-refractivity contribution >= 4 is 5.91 Å². The number of amides is 1. The summed E-state index contributed by atoms with van der Waals surface area (Å²) >= 11 is 0. The van der Waals surface area contributed by atoms with Gasteiger partial charge in [-0.3, -0.25) is 4.79 Å². The first kappa shape index (κ1) is 7.92. The second-order valence-electron chi connectivity index (χ2n) is 2.61. The van der Waals surface area contributed by atoms with Crippen molar-refractivity contribution in [3.05, 3.63) is 29.8 Å². The number of rotatable bonds is 4. The Kier molecular flexibility index (Phi) is 2.78. The van der Waals surface area contributed by atoms with Crippen molar-refractivity contribution in [1.29, 1.82) is 0 Å². The summed E-state index contributed by atoms with van der Waals surface area (Å²) in [5.74, 6) is -0.212. The highest BCUT2D eigenvalue weighted by Crippen LogP contribution is 2.04. The van der Waals surface area contributed by atoms with Crippen LogP contribution < -0.4 is 5.73 Å². The molecule has 60 valence electrons. The van der Waals surface area contributed by atoms with Crippen LogP contribution in [0.1, 0.15) is 18.4 Å². The zero-order chi connectivity index (χ0) is 8.10. The molecule has 0 unspecified atom stereocenters. The van der Waals surface area contributed by atoms with Crippen LogP contribution in [-0.2, 0) is 11.2 Å². The molecule has 0 fully saturated rings. The van der Waals surface area contributed by atoms with Crippen LogP contribution >= 0.6 is 0 Å². The number of primary amides is 1. The molecule has 0 saturated carbocycles. The fraction of sp³-hybridized carbons (Fsp3) is 0.333. The third kappa shape index (κ3) is 2.94. The monoisotopic (exact) mass is 150 g/mol. The molecule has 0 heterocycles. The van der Waals surface area contributed by atoms with Gasteiger partial charge < -0.3 is 5.73 Å². The van der Waals surface area contributed by atoms with Crippen LogP contribution in [0.15, 0.2) is 24.3 Å². The van der Waals surface area contributed by atoms with Gasteiger partial charge in [-0.25, -0.2) is 12.1 Å². The Morgan fingerprint density at radius 3 is 2.55 bits per heavy atom. The van der Waals surface area contributed by atoms with Gasteiger partial charge in [0.1, 0.15) is 0 Å². The van der Waals surface area contributed by atoms with Gasteiger partial charge in [0.25, 0.3) is 0 Å². The fourth-order valence-corrected chi connectivity index (χ4v) is 1.05. The van der Waals surface area contributed by atoms with Crippen LogP contribution in [0.2, 0.25) is 0 Å². The van der Waals surface area contributed by atoms with Gasteiger partial charge in [0.05, 0.1) is 0 Å². The van der Waals surface area contributed by atoms with Gasteiger partial charge in [-0.2, -0.15) is 17.7 Å². The molecule has 0 aliphatic rings. The van der Waals surface area contributed by atoms with Gasteiger partial charge in [-0.15, -0.1) is 0 Å². The quantitative estimate of drug-likeness (QED) is 0.644. The third-order valence-corrected chi connectivity index (χ3v) is 1.62. The molecule has 0 atom stereocenters. The maximum absolute atomic E-state index is 10.4. The van der Waals surface area contributed by atoms with Crippen molar-refractivity contribution in [1.82, 2.24) is 0 Å². The Morgan fingerprint density at radius 1 is 1.36 bits per heavy atom. The first-order chi connectivity index (χ1) is 5.29. The molecular formula is C9H12NO-. The molecule has 0 saturated heterocycles. The van der Waals surface area contributed by atoms with Crippen LogP contribution in [0.4, 0.5) is 0 Å². The van der Waals surface area contributed by atoms with E-state index in [1.807, 2.05) is 12.1 Å². The molecule has 2 N–H and O–H groups in total. The first-order valence-corrected chi connectivity index (χ1v) is 3.78. The molecule has 1 aromatic rings. The van der Waals surface area contributed by atoms with E-state index in [9.17, 15) is 4.79 Å². The highest BCUT2D eigenvalue weighted by molar-refractivity contribution is 5.73. The van der Waals surface area contributed by atoms with Gasteiger partial charge in [-0.1, -0.05) is 12.8 Å². The van der Waals surface area contributed by atoms with E-state index < -0.39 is 0 Å². The van der Waals surface area contributed by atoms with E-state index in [4.69, 9.17) is 5.73 Å². The van der Waals surface area contributed by atoms with E-state index in [0.717, 1.165) is 12.8 Å². The summed E-state index contributed by atoms with van der Waals surface area (Å²) in [6.45, 7) is 0.